The van der Waals surface area contributed by atoms with Crippen molar-refractivity contribution in [2.45, 2.75) is 13.8 Å². The molecule has 8 heteroatoms. The van der Waals surface area contributed by atoms with Crippen LogP contribution in [-0.2, 0) is 0 Å². The SMILES string of the molecule is CC(C)CN1C(=O)c2cccc(N=Nc3c(-c4ccccc4)[nH]oc3=O)c2C1=O. The summed E-state index contributed by atoms with van der Waals surface area (Å²) in [7, 11) is 0. The number of aromatic amines is 1. The highest BCUT2D eigenvalue weighted by Gasteiger charge is 2.37. The Kier molecular flexibility index (Phi) is 4.67. The third-order valence-electron chi connectivity index (χ3n) is 4.52. The molecule has 1 aliphatic heterocycles. The Hall–Kier alpha value is -3.81. The molecule has 8 nitrogen and oxygen atoms in total. The van der Waals surface area contributed by atoms with Crippen LogP contribution in [0.25, 0.3) is 11.3 Å². The molecule has 0 spiro atoms. The van der Waals surface area contributed by atoms with E-state index in [1.165, 1.54) is 4.90 Å². The highest BCUT2D eigenvalue weighted by atomic mass is 16.5. The topological polar surface area (TPSA) is 108 Å². The van der Waals surface area contributed by atoms with Crippen LogP contribution in [0.4, 0.5) is 11.4 Å². The summed E-state index contributed by atoms with van der Waals surface area (Å²) >= 11 is 0. The van der Waals surface area contributed by atoms with E-state index < -0.39 is 11.5 Å². The third-order valence-corrected chi connectivity index (χ3v) is 4.52. The Morgan fingerprint density at radius 2 is 1.72 bits per heavy atom. The first-order valence-electron chi connectivity index (χ1n) is 9.15. The van der Waals surface area contributed by atoms with Gasteiger partial charge in [-0.25, -0.2) is 9.95 Å². The molecule has 0 atom stereocenters. The number of carbonyl (C=O) groups is 2. The maximum Gasteiger partial charge on any atom is 0.385 e. The Balaban J connectivity index is 1.73. The number of aromatic nitrogens is 1. The van der Waals surface area contributed by atoms with E-state index >= 15 is 0 Å². The molecule has 0 aliphatic carbocycles. The van der Waals surface area contributed by atoms with E-state index in [-0.39, 0.29) is 34.3 Å². The fraction of sp³-hybridized carbons (Fsp3) is 0.190. The maximum absolute atomic E-state index is 12.8. The minimum Gasteiger partial charge on any atom is -0.336 e. The summed E-state index contributed by atoms with van der Waals surface area (Å²) < 4.78 is 4.87. The van der Waals surface area contributed by atoms with Crippen LogP contribution in [-0.4, -0.2) is 28.4 Å². The predicted molar refractivity (Wildman–Crippen MR) is 106 cm³/mol. The van der Waals surface area contributed by atoms with Gasteiger partial charge in [0.05, 0.1) is 16.8 Å². The summed E-state index contributed by atoms with van der Waals surface area (Å²) in [4.78, 5) is 38.7. The lowest BCUT2D eigenvalue weighted by Crippen LogP contribution is -2.33. The smallest absolute Gasteiger partial charge is 0.336 e. The third kappa shape index (κ3) is 3.29. The monoisotopic (exact) mass is 390 g/mol. The zero-order valence-corrected chi connectivity index (χ0v) is 15.9. The Bertz CT molecular complexity index is 1170. The van der Waals surface area contributed by atoms with E-state index in [1.54, 1.807) is 30.3 Å². The molecule has 0 unspecified atom stereocenters. The van der Waals surface area contributed by atoms with Crippen LogP contribution in [0.5, 0.6) is 0 Å². The summed E-state index contributed by atoms with van der Waals surface area (Å²) in [5.74, 6) is -0.611. The zero-order chi connectivity index (χ0) is 20.5. The van der Waals surface area contributed by atoms with E-state index in [0.717, 1.165) is 0 Å². The van der Waals surface area contributed by atoms with Crippen molar-refractivity contribution in [3.05, 3.63) is 70.1 Å². The van der Waals surface area contributed by atoms with Crippen LogP contribution < -0.4 is 5.63 Å². The first-order chi connectivity index (χ1) is 14.0. The van der Waals surface area contributed by atoms with Gasteiger partial charge in [-0.2, -0.15) is 0 Å². The van der Waals surface area contributed by atoms with Crippen molar-refractivity contribution >= 4 is 23.2 Å². The lowest BCUT2D eigenvalue weighted by atomic mass is 10.1. The highest BCUT2D eigenvalue weighted by molar-refractivity contribution is 6.23. The number of hydrogen-bond acceptors (Lipinski definition) is 6. The van der Waals surface area contributed by atoms with Crippen molar-refractivity contribution in [3.63, 3.8) is 0 Å². The van der Waals surface area contributed by atoms with Gasteiger partial charge in [-0.1, -0.05) is 50.2 Å². The van der Waals surface area contributed by atoms with E-state index in [2.05, 4.69) is 15.4 Å². The van der Waals surface area contributed by atoms with Gasteiger partial charge in [0.25, 0.3) is 11.8 Å². The second kappa shape index (κ2) is 7.31. The van der Waals surface area contributed by atoms with Crippen LogP contribution >= 0.6 is 0 Å². The van der Waals surface area contributed by atoms with Gasteiger partial charge in [-0.3, -0.25) is 14.5 Å². The molecule has 0 saturated carbocycles. The predicted octanol–water partition coefficient (Wildman–Crippen LogP) is 4.30. The minimum atomic E-state index is -0.677. The quantitative estimate of drug-likeness (QED) is 0.517. The average molecular weight is 390 g/mol. The normalized spacial score (nSPS) is 13.7. The highest BCUT2D eigenvalue weighted by Crippen LogP contribution is 2.33. The van der Waals surface area contributed by atoms with Gasteiger partial charge >= 0.3 is 5.63 Å². The second-order valence-corrected chi connectivity index (χ2v) is 7.10. The summed E-state index contributed by atoms with van der Waals surface area (Å²) in [5, 5.41) is 10.7. The fourth-order valence-electron chi connectivity index (χ4n) is 3.22. The Morgan fingerprint density at radius 1 is 0.966 bits per heavy atom. The number of azo groups is 1. The first kappa shape index (κ1) is 18.5. The van der Waals surface area contributed by atoms with Gasteiger partial charge in [-0.15, -0.1) is 10.2 Å². The number of rotatable bonds is 5. The molecule has 2 amide bonds. The van der Waals surface area contributed by atoms with Gasteiger partial charge in [-0.05, 0) is 18.1 Å². The molecule has 29 heavy (non-hydrogen) atoms. The summed E-state index contributed by atoms with van der Waals surface area (Å²) in [6, 6.07) is 13.9. The minimum absolute atomic E-state index is 0.00962. The molecule has 4 rings (SSSR count). The van der Waals surface area contributed by atoms with Gasteiger partial charge in [0, 0.05) is 12.1 Å². The molecule has 146 valence electrons. The molecule has 3 aromatic rings. The van der Waals surface area contributed by atoms with Gasteiger partial charge < -0.3 is 4.52 Å². The molecular weight excluding hydrogens is 372 g/mol. The van der Waals surface area contributed by atoms with Gasteiger partial charge in [0.15, 0.2) is 5.69 Å². The summed E-state index contributed by atoms with van der Waals surface area (Å²) in [5.41, 5.74) is 1.12. The number of amides is 2. The molecule has 0 radical (unpaired) electrons. The van der Waals surface area contributed by atoms with E-state index in [4.69, 9.17) is 4.52 Å². The maximum atomic E-state index is 12.8. The summed E-state index contributed by atoms with van der Waals surface area (Å²) in [6.07, 6.45) is 0. The first-order valence-corrected chi connectivity index (χ1v) is 9.15. The van der Waals surface area contributed by atoms with Crippen molar-refractivity contribution in [1.29, 1.82) is 0 Å². The fourth-order valence-corrected chi connectivity index (χ4v) is 3.22. The van der Waals surface area contributed by atoms with Crippen LogP contribution in [0.1, 0.15) is 34.6 Å². The Labute approximate surface area is 165 Å². The standard InChI is InChI=1S/C21H18N4O4/c1-12(2)11-25-19(26)14-9-6-10-15(16(14)20(25)27)22-23-18-17(24-29-21(18)28)13-7-4-3-5-8-13/h3-10,12,24H,11H2,1-2H3. The molecule has 0 bridgehead atoms. The molecule has 0 fully saturated rings. The number of nitrogens with one attached hydrogen (secondary N) is 1. The van der Waals surface area contributed by atoms with E-state index in [0.29, 0.717) is 17.8 Å². The summed E-state index contributed by atoms with van der Waals surface area (Å²) in [6.45, 7) is 4.18. The number of imide groups is 1. The van der Waals surface area contributed by atoms with Crippen LogP contribution in [0.15, 0.2) is 68.1 Å². The van der Waals surface area contributed by atoms with E-state index in [1.807, 2.05) is 32.0 Å². The number of fused-ring (bicyclic) bond motifs is 1. The molecule has 2 heterocycles. The molecular formula is C21H18N4O4. The number of hydrogen-bond donors (Lipinski definition) is 1. The molecule has 1 aromatic heterocycles. The van der Waals surface area contributed by atoms with Crippen molar-refractivity contribution in [2.75, 3.05) is 6.54 Å². The molecule has 1 N–H and O–H groups in total. The van der Waals surface area contributed by atoms with Crippen molar-refractivity contribution in [2.24, 2.45) is 16.1 Å². The molecule has 0 saturated heterocycles. The van der Waals surface area contributed by atoms with Crippen LogP contribution in [0.3, 0.4) is 0 Å². The van der Waals surface area contributed by atoms with Crippen molar-refractivity contribution in [1.82, 2.24) is 10.1 Å². The van der Waals surface area contributed by atoms with Gasteiger partial charge in [0.2, 0.25) is 0 Å². The van der Waals surface area contributed by atoms with Crippen molar-refractivity contribution in [3.8, 4) is 11.3 Å². The largest absolute Gasteiger partial charge is 0.385 e. The number of carbonyl (C=O) groups excluding carboxylic acids is 2. The molecule has 2 aromatic carbocycles. The van der Waals surface area contributed by atoms with Crippen LogP contribution in [0, 0.1) is 5.92 Å². The van der Waals surface area contributed by atoms with Crippen LogP contribution in [0.2, 0.25) is 0 Å². The van der Waals surface area contributed by atoms with Gasteiger partial charge in [0.1, 0.15) is 5.69 Å². The number of H-pyrrole nitrogens is 1. The number of benzene rings is 2. The lowest BCUT2D eigenvalue weighted by molar-refractivity contribution is 0.0636. The lowest BCUT2D eigenvalue weighted by Gasteiger charge is -2.15. The van der Waals surface area contributed by atoms with Crippen molar-refractivity contribution < 1.29 is 14.1 Å². The zero-order valence-electron chi connectivity index (χ0n) is 15.9. The average Bonchev–Trinajstić information content (AvgIpc) is 3.20. The second-order valence-electron chi connectivity index (χ2n) is 7.10. The molecule has 1 aliphatic rings. The van der Waals surface area contributed by atoms with E-state index in [9.17, 15) is 14.4 Å². The Morgan fingerprint density at radius 3 is 2.45 bits per heavy atom. The number of nitrogens with zero attached hydrogens (tertiary/aromatic N) is 3.